The van der Waals surface area contributed by atoms with E-state index in [1.807, 2.05) is 32.0 Å². The van der Waals surface area contributed by atoms with Gasteiger partial charge in [0.15, 0.2) is 0 Å². The Labute approximate surface area is 140 Å². The Morgan fingerprint density at radius 2 is 1.57 bits per heavy atom. The molecule has 1 atom stereocenters. The average Bonchev–Trinajstić information content (AvgIpc) is 2.66. The first-order valence-electron chi connectivity index (χ1n) is 9.02. The summed E-state index contributed by atoms with van der Waals surface area (Å²) in [6.07, 6.45) is 3.52. The summed E-state index contributed by atoms with van der Waals surface area (Å²) < 4.78 is 5.44. The molecule has 1 amide bonds. The molecule has 1 aromatic carbocycles. The van der Waals surface area contributed by atoms with Crippen LogP contribution in [0.1, 0.15) is 44.7 Å². The van der Waals surface area contributed by atoms with Crippen LogP contribution in [-0.4, -0.2) is 55.1 Å². The molecule has 1 unspecified atom stereocenters. The second kappa shape index (κ2) is 9.68. The molecule has 0 radical (unpaired) electrons. The van der Waals surface area contributed by atoms with E-state index in [-0.39, 0.29) is 11.9 Å². The van der Waals surface area contributed by atoms with Gasteiger partial charge in [0, 0.05) is 26.2 Å². The molecule has 2 saturated heterocycles. The van der Waals surface area contributed by atoms with E-state index in [2.05, 4.69) is 21.9 Å². The number of piperidine rings is 1. The highest BCUT2D eigenvalue weighted by Gasteiger charge is 2.32. The number of hydrogen-bond acceptors (Lipinski definition) is 3. The van der Waals surface area contributed by atoms with Gasteiger partial charge in [-0.1, -0.05) is 44.2 Å². The lowest BCUT2D eigenvalue weighted by molar-refractivity contribution is -0.140. The van der Waals surface area contributed by atoms with E-state index in [0.29, 0.717) is 0 Å². The Hall–Kier alpha value is -1.39. The topological polar surface area (TPSA) is 32.8 Å². The molecular formula is C19H30N2O2. The quantitative estimate of drug-likeness (QED) is 0.858. The molecule has 3 rings (SSSR count). The van der Waals surface area contributed by atoms with Crippen molar-refractivity contribution in [3.63, 3.8) is 0 Å². The fourth-order valence-corrected chi connectivity index (χ4v) is 3.27. The third-order valence-electron chi connectivity index (χ3n) is 4.43. The summed E-state index contributed by atoms with van der Waals surface area (Å²) in [5, 5.41) is 0. The third-order valence-corrected chi connectivity index (χ3v) is 4.43. The van der Waals surface area contributed by atoms with Gasteiger partial charge in [0.25, 0.3) is 0 Å². The second-order valence-electron chi connectivity index (χ2n) is 5.85. The van der Waals surface area contributed by atoms with E-state index in [4.69, 9.17) is 4.74 Å². The van der Waals surface area contributed by atoms with Gasteiger partial charge in [0.05, 0.1) is 13.2 Å². The summed E-state index contributed by atoms with van der Waals surface area (Å²) in [4.78, 5) is 17.4. The van der Waals surface area contributed by atoms with Crippen LogP contribution in [0.4, 0.5) is 0 Å². The van der Waals surface area contributed by atoms with Crippen molar-refractivity contribution < 1.29 is 9.53 Å². The lowest BCUT2D eigenvalue weighted by Crippen LogP contribution is -2.48. The van der Waals surface area contributed by atoms with Crippen molar-refractivity contribution in [2.45, 2.75) is 39.2 Å². The zero-order valence-corrected chi connectivity index (χ0v) is 14.5. The van der Waals surface area contributed by atoms with Gasteiger partial charge in [-0.15, -0.1) is 0 Å². The Morgan fingerprint density at radius 1 is 0.957 bits per heavy atom. The number of nitrogens with zero attached hydrogens (tertiary/aromatic N) is 2. The number of ether oxygens (including phenoxy) is 1. The number of morpholine rings is 1. The molecule has 0 bridgehead atoms. The minimum atomic E-state index is -0.145. The van der Waals surface area contributed by atoms with Crippen molar-refractivity contribution in [3.8, 4) is 0 Å². The first kappa shape index (κ1) is 18.0. The molecule has 0 aliphatic carbocycles. The van der Waals surface area contributed by atoms with Crippen LogP contribution in [0.5, 0.6) is 0 Å². The largest absolute Gasteiger partial charge is 0.379 e. The minimum Gasteiger partial charge on any atom is -0.379 e. The molecule has 2 aliphatic rings. The number of carbonyl (C=O) groups is 1. The van der Waals surface area contributed by atoms with Gasteiger partial charge in [0.2, 0.25) is 5.91 Å². The first-order chi connectivity index (χ1) is 11.4. The molecule has 2 aliphatic heterocycles. The average molecular weight is 318 g/mol. The summed E-state index contributed by atoms with van der Waals surface area (Å²) >= 11 is 0. The fourth-order valence-electron chi connectivity index (χ4n) is 3.27. The molecule has 0 N–H and O–H groups in total. The molecule has 23 heavy (non-hydrogen) atoms. The Morgan fingerprint density at radius 3 is 2.17 bits per heavy atom. The lowest BCUT2D eigenvalue weighted by Gasteiger charge is -2.38. The zero-order chi connectivity index (χ0) is 16.5. The molecule has 2 heterocycles. The molecule has 2 fully saturated rings. The van der Waals surface area contributed by atoms with Crippen molar-refractivity contribution >= 4 is 5.91 Å². The van der Waals surface area contributed by atoms with E-state index in [0.717, 1.165) is 57.8 Å². The van der Waals surface area contributed by atoms with Gasteiger partial charge in [0.1, 0.15) is 6.04 Å². The highest BCUT2D eigenvalue weighted by atomic mass is 16.5. The monoisotopic (exact) mass is 318 g/mol. The highest BCUT2D eigenvalue weighted by molar-refractivity contribution is 5.83. The number of carbonyl (C=O) groups excluding carboxylic acids is 1. The predicted molar refractivity (Wildman–Crippen MR) is 93.4 cm³/mol. The maximum atomic E-state index is 13.0. The predicted octanol–water partition coefficient (Wildman–Crippen LogP) is 3.10. The van der Waals surface area contributed by atoms with Crippen LogP contribution in [-0.2, 0) is 9.53 Å². The Kier molecular flexibility index (Phi) is 7.56. The van der Waals surface area contributed by atoms with Crippen molar-refractivity contribution in [1.82, 2.24) is 9.80 Å². The van der Waals surface area contributed by atoms with Crippen molar-refractivity contribution in [2.24, 2.45) is 0 Å². The standard InChI is InChI=1S/C17H24N2O2.C2H6/c20-17(19-9-5-2-6-10-19)16(15-7-3-1-4-8-15)18-11-13-21-14-12-18;1-2/h1,3-4,7-8,16H,2,5-6,9-14H2;1-2H3. The zero-order valence-electron chi connectivity index (χ0n) is 14.5. The van der Waals surface area contributed by atoms with E-state index >= 15 is 0 Å². The number of amides is 1. The van der Waals surface area contributed by atoms with Crippen molar-refractivity contribution in [2.75, 3.05) is 39.4 Å². The number of likely N-dealkylation sites (tertiary alicyclic amines) is 1. The molecule has 0 aromatic heterocycles. The highest BCUT2D eigenvalue weighted by Crippen LogP contribution is 2.25. The van der Waals surface area contributed by atoms with E-state index < -0.39 is 0 Å². The summed E-state index contributed by atoms with van der Waals surface area (Å²) in [5.41, 5.74) is 1.11. The van der Waals surface area contributed by atoms with Crippen LogP contribution >= 0.6 is 0 Å². The van der Waals surface area contributed by atoms with Crippen molar-refractivity contribution in [1.29, 1.82) is 0 Å². The van der Waals surface area contributed by atoms with E-state index in [1.54, 1.807) is 0 Å². The summed E-state index contributed by atoms with van der Waals surface area (Å²) in [6, 6.07) is 10.0. The van der Waals surface area contributed by atoms with E-state index in [9.17, 15) is 4.79 Å². The first-order valence-corrected chi connectivity index (χ1v) is 9.02. The van der Waals surface area contributed by atoms with E-state index in [1.165, 1.54) is 6.42 Å². The summed E-state index contributed by atoms with van der Waals surface area (Å²) in [6.45, 7) is 8.92. The van der Waals surface area contributed by atoms with Crippen LogP contribution < -0.4 is 0 Å². The molecule has 128 valence electrons. The van der Waals surface area contributed by atoms with Gasteiger partial charge < -0.3 is 9.64 Å². The van der Waals surface area contributed by atoms with Gasteiger partial charge in [-0.05, 0) is 24.8 Å². The summed E-state index contributed by atoms with van der Waals surface area (Å²) in [7, 11) is 0. The van der Waals surface area contributed by atoms with Crippen molar-refractivity contribution in [3.05, 3.63) is 35.9 Å². The van der Waals surface area contributed by atoms with Gasteiger partial charge >= 0.3 is 0 Å². The number of benzene rings is 1. The molecule has 0 spiro atoms. The van der Waals surface area contributed by atoms with Crippen LogP contribution in [0, 0.1) is 0 Å². The van der Waals surface area contributed by atoms with Crippen LogP contribution in [0.2, 0.25) is 0 Å². The summed E-state index contributed by atoms with van der Waals surface area (Å²) in [5.74, 6) is 0.266. The number of hydrogen-bond donors (Lipinski definition) is 0. The van der Waals surface area contributed by atoms with Gasteiger partial charge in [-0.25, -0.2) is 0 Å². The maximum absolute atomic E-state index is 13.0. The van der Waals surface area contributed by atoms with Gasteiger partial charge in [-0.3, -0.25) is 9.69 Å². The maximum Gasteiger partial charge on any atom is 0.244 e. The second-order valence-corrected chi connectivity index (χ2v) is 5.85. The fraction of sp³-hybridized carbons (Fsp3) is 0.632. The van der Waals surface area contributed by atoms with Crippen LogP contribution in [0.25, 0.3) is 0 Å². The minimum absolute atomic E-state index is 0.145. The Bertz CT molecular complexity index is 452. The van der Waals surface area contributed by atoms with Gasteiger partial charge in [-0.2, -0.15) is 0 Å². The molecule has 4 nitrogen and oxygen atoms in total. The van der Waals surface area contributed by atoms with Crippen LogP contribution in [0.3, 0.4) is 0 Å². The normalized spacial score (nSPS) is 20.3. The SMILES string of the molecule is CC.O=C(C(c1ccccc1)N1CCOCC1)N1CCCCC1. The molecular weight excluding hydrogens is 288 g/mol. The molecule has 4 heteroatoms. The Balaban J connectivity index is 0.000000924. The molecule has 0 saturated carbocycles. The van der Waals surface area contributed by atoms with Crippen LogP contribution in [0.15, 0.2) is 30.3 Å². The third kappa shape index (κ3) is 4.79. The lowest BCUT2D eigenvalue weighted by atomic mass is 10.0. The smallest absolute Gasteiger partial charge is 0.244 e. The molecule has 1 aromatic rings. The number of rotatable bonds is 3.